The van der Waals surface area contributed by atoms with E-state index in [-0.39, 0.29) is 4.90 Å². The lowest BCUT2D eigenvalue weighted by Gasteiger charge is -2.08. The number of hydrogen-bond donors (Lipinski definition) is 0. The second kappa shape index (κ2) is 5.10. The first-order valence-electron chi connectivity index (χ1n) is 4.89. The van der Waals surface area contributed by atoms with Crippen molar-refractivity contribution in [1.82, 2.24) is 0 Å². The molecule has 0 saturated heterocycles. The lowest BCUT2D eigenvalue weighted by molar-refractivity contribution is 0.257. The van der Waals surface area contributed by atoms with Crippen molar-refractivity contribution in [2.24, 2.45) is 0 Å². The first-order valence-corrected chi connectivity index (χ1v) is 6.30. The Kier molecular flexibility index (Phi) is 4.05. The average Bonchev–Trinajstić information content (AvgIpc) is 2.26. The summed E-state index contributed by atoms with van der Waals surface area (Å²) in [6.07, 6.45) is -0.590. The summed E-state index contributed by atoms with van der Waals surface area (Å²) in [5.74, 6) is 0. The number of rotatable bonds is 4. The minimum atomic E-state index is -3.82. The molecule has 1 rings (SSSR count). The summed E-state index contributed by atoms with van der Waals surface area (Å²) in [5, 5.41) is 8.64. The van der Waals surface area contributed by atoms with Crippen LogP contribution in [0, 0.1) is 18.3 Å². The lowest BCUT2D eigenvalue weighted by Crippen LogP contribution is -2.16. The predicted octanol–water partition coefficient (Wildman–Crippen LogP) is 2.00. The molecule has 0 unspecified atom stereocenters. The number of benzene rings is 1. The molecule has 0 aliphatic heterocycles. The third kappa shape index (κ3) is 3.05. The van der Waals surface area contributed by atoms with Crippen molar-refractivity contribution in [2.75, 3.05) is 0 Å². The maximum Gasteiger partial charge on any atom is 0.298 e. The zero-order valence-electron chi connectivity index (χ0n) is 9.17. The molecule has 0 aromatic heterocycles. The maximum absolute atomic E-state index is 11.7. The van der Waals surface area contributed by atoms with Gasteiger partial charge in [-0.3, -0.25) is 0 Å². The molecular formula is C11H13NO3S. The molecule has 0 fully saturated rings. The highest BCUT2D eigenvalue weighted by molar-refractivity contribution is 7.86. The Hall–Kier alpha value is -1.38. The molecule has 0 saturated carbocycles. The van der Waals surface area contributed by atoms with Gasteiger partial charge in [0.15, 0.2) is 6.10 Å². The van der Waals surface area contributed by atoms with Crippen molar-refractivity contribution >= 4 is 10.1 Å². The third-order valence-corrected chi connectivity index (χ3v) is 3.40. The van der Waals surface area contributed by atoms with Gasteiger partial charge in [0.05, 0.1) is 11.0 Å². The minimum absolute atomic E-state index is 0.0757. The monoisotopic (exact) mass is 239 g/mol. The summed E-state index contributed by atoms with van der Waals surface area (Å²) in [4.78, 5) is 0.0757. The van der Waals surface area contributed by atoms with E-state index in [1.54, 1.807) is 25.1 Å². The highest BCUT2D eigenvalue weighted by Gasteiger charge is 2.20. The van der Waals surface area contributed by atoms with E-state index in [4.69, 9.17) is 9.44 Å². The molecule has 0 aliphatic carbocycles. The second-order valence-corrected chi connectivity index (χ2v) is 4.96. The molecule has 1 atom stereocenters. The van der Waals surface area contributed by atoms with Crippen molar-refractivity contribution in [2.45, 2.75) is 31.3 Å². The molecule has 16 heavy (non-hydrogen) atoms. The van der Waals surface area contributed by atoms with Crippen molar-refractivity contribution in [1.29, 1.82) is 5.26 Å². The van der Waals surface area contributed by atoms with Crippen LogP contribution in [0.15, 0.2) is 29.2 Å². The fourth-order valence-corrected chi connectivity index (χ4v) is 2.16. The second-order valence-electron chi connectivity index (χ2n) is 3.39. The van der Waals surface area contributed by atoms with Gasteiger partial charge in [0, 0.05) is 0 Å². The summed E-state index contributed by atoms with van der Waals surface area (Å²) in [6.45, 7) is 3.56. The first kappa shape index (κ1) is 12.7. The molecule has 86 valence electrons. The van der Waals surface area contributed by atoms with Crippen molar-refractivity contribution in [3.63, 3.8) is 0 Å². The molecule has 0 radical (unpaired) electrons. The fraction of sp³-hybridized carbons (Fsp3) is 0.364. The summed E-state index contributed by atoms with van der Waals surface area (Å²) in [6, 6.07) is 8.09. The Balaban J connectivity index is 2.95. The smallest absolute Gasteiger partial charge is 0.248 e. The van der Waals surface area contributed by atoms with Crippen LogP contribution in [0.2, 0.25) is 0 Å². The normalized spacial score (nSPS) is 13.1. The van der Waals surface area contributed by atoms with Crippen molar-refractivity contribution in [3.8, 4) is 6.07 Å². The first-order chi connectivity index (χ1) is 7.49. The van der Waals surface area contributed by atoms with E-state index in [9.17, 15) is 8.42 Å². The van der Waals surface area contributed by atoms with Gasteiger partial charge < -0.3 is 0 Å². The van der Waals surface area contributed by atoms with Gasteiger partial charge in [-0.15, -0.1) is 0 Å². The average molecular weight is 239 g/mol. The summed E-state index contributed by atoms with van der Waals surface area (Å²) in [5.41, 5.74) is 0.964. The highest BCUT2D eigenvalue weighted by atomic mass is 32.2. The Morgan fingerprint density at radius 3 is 2.38 bits per heavy atom. The molecule has 0 aliphatic rings. The Morgan fingerprint density at radius 1 is 1.38 bits per heavy atom. The quantitative estimate of drug-likeness (QED) is 0.754. The van der Waals surface area contributed by atoms with E-state index in [0.29, 0.717) is 6.42 Å². The van der Waals surface area contributed by atoms with E-state index < -0.39 is 16.2 Å². The summed E-state index contributed by atoms with van der Waals surface area (Å²) in [7, 11) is -3.82. The molecule has 4 nitrogen and oxygen atoms in total. The van der Waals surface area contributed by atoms with Gasteiger partial charge in [0.1, 0.15) is 0 Å². The van der Waals surface area contributed by atoms with Gasteiger partial charge >= 0.3 is 0 Å². The van der Waals surface area contributed by atoms with E-state index >= 15 is 0 Å². The predicted molar refractivity (Wildman–Crippen MR) is 59.1 cm³/mol. The van der Waals surface area contributed by atoms with Crippen LogP contribution in [-0.2, 0) is 14.3 Å². The number of hydrogen-bond acceptors (Lipinski definition) is 4. The topological polar surface area (TPSA) is 67.2 Å². The molecule has 0 amide bonds. The molecule has 0 bridgehead atoms. The SMILES string of the molecule is CC[C@H](C#N)OS(=O)(=O)c1ccc(C)cc1. The van der Waals surface area contributed by atoms with Crippen molar-refractivity contribution < 1.29 is 12.6 Å². The third-order valence-electron chi connectivity index (χ3n) is 2.07. The van der Waals surface area contributed by atoms with Gasteiger partial charge in [0.2, 0.25) is 0 Å². The number of aryl methyl sites for hydroxylation is 1. The zero-order chi connectivity index (χ0) is 12.2. The zero-order valence-corrected chi connectivity index (χ0v) is 9.99. The Labute approximate surface area is 95.6 Å². The molecule has 0 heterocycles. The van der Waals surface area contributed by atoms with Gasteiger partial charge in [-0.05, 0) is 25.5 Å². The van der Waals surface area contributed by atoms with Gasteiger partial charge in [-0.2, -0.15) is 13.7 Å². The summed E-state index contributed by atoms with van der Waals surface area (Å²) < 4.78 is 28.2. The van der Waals surface area contributed by atoms with Gasteiger partial charge in [0.25, 0.3) is 10.1 Å². The largest absolute Gasteiger partial charge is 0.298 e. The molecule has 1 aromatic carbocycles. The van der Waals surface area contributed by atoms with Crippen LogP contribution in [0.25, 0.3) is 0 Å². The van der Waals surface area contributed by atoms with Crippen LogP contribution in [-0.4, -0.2) is 14.5 Å². The Bertz CT molecular complexity index is 485. The van der Waals surface area contributed by atoms with E-state index in [1.807, 2.05) is 6.92 Å². The van der Waals surface area contributed by atoms with Crippen LogP contribution < -0.4 is 0 Å². The van der Waals surface area contributed by atoms with E-state index in [1.165, 1.54) is 12.1 Å². The van der Waals surface area contributed by atoms with Crippen LogP contribution in [0.5, 0.6) is 0 Å². The highest BCUT2D eigenvalue weighted by Crippen LogP contribution is 2.15. The molecule has 1 aromatic rings. The lowest BCUT2D eigenvalue weighted by atomic mass is 10.2. The van der Waals surface area contributed by atoms with Crippen LogP contribution in [0.4, 0.5) is 0 Å². The standard InChI is InChI=1S/C11H13NO3S/c1-3-10(8-12)15-16(13,14)11-6-4-9(2)5-7-11/h4-7,10H,3H2,1-2H3/t10-/m1/s1. The molecule has 5 heteroatoms. The molecule has 0 spiro atoms. The number of nitrogens with zero attached hydrogens (tertiary/aromatic N) is 1. The van der Waals surface area contributed by atoms with Crippen LogP contribution in [0.1, 0.15) is 18.9 Å². The minimum Gasteiger partial charge on any atom is -0.248 e. The van der Waals surface area contributed by atoms with Crippen LogP contribution >= 0.6 is 0 Å². The van der Waals surface area contributed by atoms with Gasteiger partial charge in [-0.1, -0.05) is 24.6 Å². The van der Waals surface area contributed by atoms with Crippen molar-refractivity contribution in [3.05, 3.63) is 29.8 Å². The van der Waals surface area contributed by atoms with Crippen LogP contribution in [0.3, 0.4) is 0 Å². The van der Waals surface area contributed by atoms with E-state index in [0.717, 1.165) is 5.56 Å². The molecule has 0 N–H and O–H groups in total. The fourth-order valence-electron chi connectivity index (χ4n) is 1.09. The Morgan fingerprint density at radius 2 is 1.94 bits per heavy atom. The van der Waals surface area contributed by atoms with E-state index in [2.05, 4.69) is 0 Å². The molecular weight excluding hydrogens is 226 g/mol. The van der Waals surface area contributed by atoms with Gasteiger partial charge in [-0.25, -0.2) is 4.18 Å². The maximum atomic E-state index is 11.7. The number of nitriles is 1. The summed E-state index contributed by atoms with van der Waals surface area (Å²) >= 11 is 0.